The molecule has 6 nitrogen and oxygen atoms in total. The second-order valence-corrected chi connectivity index (χ2v) is 18.2. The molecule has 0 saturated heterocycles. The van der Waals surface area contributed by atoms with E-state index in [9.17, 15) is 19.8 Å². The van der Waals surface area contributed by atoms with E-state index in [2.05, 4.69) is 31.3 Å². The molecule has 0 aromatic carbocycles. The van der Waals surface area contributed by atoms with Crippen LogP contribution < -0.4 is 5.32 Å². The van der Waals surface area contributed by atoms with Crippen LogP contribution in [0.5, 0.6) is 0 Å². The third kappa shape index (κ3) is 45.9. The molecule has 0 spiro atoms. The molecule has 350 valence electrons. The van der Waals surface area contributed by atoms with Crippen LogP contribution in [-0.4, -0.2) is 47.4 Å². The van der Waals surface area contributed by atoms with Gasteiger partial charge >= 0.3 is 5.97 Å². The molecule has 0 aromatic rings. The van der Waals surface area contributed by atoms with Crippen molar-refractivity contribution in [3.63, 3.8) is 0 Å². The molecule has 0 radical (unpaired) electrons. The van der Waals surface area contributed by atoms with E-state index in [1.54, 1.807) is 0 Å². The van der Waals surface area contributed by atoms with Crippen molar-refractivity contribution in [1.29, 1.82) is 0 Å². The van der Waals surface area contributed by atoms with Gasteiger partial charge < -0.3 is 20.3 Å². The zero-order valence-electron chi connectivity index (χ0n) is 39.7. The van der Waals surface area contributed by atoms with E-state index < -0.39 is 12.1 Å². The third-order valence-corrected chi connectivity index (χ3v) is 12.3. The Bertz CT molecular complexity index is 878. The van der Waals surface area contributed by atoms with Gasteiger partial charge in [0.25, 0.3) is 0 Å². The molecule has 0 aromatic heterocycles. The SMILES string of the molecule is CCCCCCCCCCCCCCCCCC(=O)OCCCCCCCC/C=C\CCCCCCCCCC(=O)NC(CO)C(O)CCCCCCCCCCCC. The summed E-state index contributed by atoms with van der Waals surface area (Å²) >= 11 is 0. The van der Waals surface area contributed by atoms with Gasteiger partial charge in [0.2, 0.25) is 5.91 Å². The highest BCUT2D eigenvalue weighted by Gasteiger charge is 2.20. The molecule has 0 fully saturated rings. The van der Waals surface area contributed by atoms with E-state index in [4.69, 9.17) is 4.74 Å². The predicted molar refractivity (Wildman–Crippen MR) is 255 cm³/mol. The Hall–Kier alpha value is -1.40. The largest absolute Gasteiger partial charge is 0.466 e. The number of nitrogens with one attached hydrogen (secondary N) is 1. The molecule has 2 unspecified atom stereocenters. The van der Waals surface area contributed by atoms with Crippen LogP contribution in [0.4, 0.5) is 0 Å². The van der Waals surface area contributed by atoms with E-state index in [0.717, 1.165) is 51.4 Å². The van der Waals surface area contributed by atoms with Crippen LogP contribution in [0.3, 0.4) is 0 Å². The second kappa shape index (κ2) is 49.3. The summed E-state index contributed by atoms with van der Waals surface area (Å²) in [4.78, 5) is 24.4. The molecule has 0 bridgehead atoms. The van der Waals surface area contributed by atoms with Crippen LogP contribution in [0, 0.1) is 0 Å². The number of esters is 1. The first-order chi connectivity index (χ1) is 29.0. The fourth-order valence-electron chi connectivity index (χ4n) is 8.22. The molecule has 6 heteroatoms. The lowest BCUT2D eigenvalue weighted by Gasteiger charge is -2.22. The molecule has 3 N–H and O–H groups in total. The molecule has 2 atom stereocenters. The number of ether oxygens (including phenoxy) is 1. The van der Waals surface area contributed by atoms with Crippen molar-refractivity contribution in [3.05, 3.63) is 12.2 Å². The van der Waals surface area contributed by atoms with Crippen LogP contribution in [0.2, 0.25) is 0 Å². The van der Waals surface area contributed by atoms with Crippen LogP contribution in [-0.2, 0) is 14.3 Å². The van der Waals surface area contributed by atoms with Gasteiger partial charge in [-0.15, -0.1) is 0 Å². The van der Waals surface area contributed by atoms with Crippen LogP contribution in [0.25, 0.3) is 0 Å². The Balaban J connectivity index is 3.42. The number of amides is 1. The normalized spacial score (nSPS) is 12.7. The van der Waals surface area contributed by atoms with Gasteiger partial charge in [-0.05, 0) is 51.4 Å². The number of unbranched alkanes of at least 4 members (excludes halogenated alkanes) is 36. The maximum Gasteiger partial charge on any atom is 0.305 e. The zero-order valence-corrected chi connectivity index (χ0v) is 39.7. The van der Waals surface area contributed by atoms with Gasteiger partial charge in [-0.25, -0.2) is 0 Å². The van der Waals surface area contributed by atoms with Crippen molar-refractivity contribution in [1.82, 2.24) is 5.32 Å². The molecular formula is C53H103NO5. The summed E-state index contributed by atoms with van der Waals surface area (Å²) in [5.41, 5.74) is 0. The highest BCUT2D eigenvalue weighted by atomic mass is 16.5. The van der Waals surface area contributed by atoms with Crippen LogP contribution >= 0.6 is 0 Å². The Morgan fingerprint density at radius 1 is 0.458 bits per heavy atom. The highest BCUT2D eigenvalue weighted by molar-refractivity contribution is 5.76. The molecular weight excluding hydrogens is 731 g/mol. The molecule has 1 amide bonds. The summed E-state index contributed by atoms with van der Waals surface area (Å²) in [5, 5.41) is 23.1. The minimum Gasteiger partial charge on any atom is -0.466 e. The molecule has 0 aliphatic rings. The Morgan fingerprint density at radius 3 is 1.20 bits per heavy atom. The Kier molecular flexibility index (Phi) is 48.1. The number of aliphatic hydroxyl groups excluding tert-OH is 2. The van der Waals surface area contributed by atoms with Crippen molar-refractivity contribution < 1.29 is 24.5 Å². The Morgan fingerprint density at radius 2 is 0.797 bits per heavy atom. The average molecular weight is 834 g/mol. The number of allylic oxidation sites excluding steroid dienone is 2. The van der Waals surface area contributed by atoms with Crippen molar-refractivity contribution in [3.8, 4) is 0 Å². The van der Waals surface area contributed by atoms with Gasteiger partial charge in [-0.3, -0.25) is 9.59 Å². The zero-order chi connectivity index (χ0) is 43.0. The lowest BCUT2D eigenvalue weighted by molar-refractivity contribution is -0.143. The fourth-order valence-corrected chi connectivity index (χ4v) is 8.22. The van der Waals surface area contributed by atoms with Gasteiger partial charge in [0.1, 0.15) is 0 Å². The molecule has 0 saturated carbocycles. The summed E-state index contributed by atoms with van der Waals surface area (Å²) < 4.78 is 5.47. The smallest absolute Gasteiger partial charge is 0.305 e. The van der Waals surface area contributed by atoms with E-state index >= 15 is 0 Å². The van der Waals surface area contributed by atoms with Gasteiger partial charge in [0.15, 0.2) is 0 Å². The van der Waals surface area contributed by atoms with E-state index in [1.807, 2.05) is 0 Å². The third-order valence-electron chi connectivity index (χ3n) is 12.3. The summed E-state index contributed by atoms with van der Waals surface area (Å²) in [7, 11) is 0. The summed E-state index contributed by atoms with van der Waals surface area (Å²) in [6.45, 7) is 4.92. The van der Waals surface area contributed by atoms with Gasteiger partial charge in [-0.2, -0.15) is 0 Å². The maximum absolute atomic E-state index is 12.4. The van der Waals surface area contributed by atoms with E-state index in [0.29, 0.717) is 25.9 Å². The topological polar surface area (TPSA) is 95.9 Å². The van der Waals surface area contributed by atoms with Gasteiger partial charge in [0, 0.05) is 12.8 Å². The summed E-state index contributed by atoms with van der Waals surface area (Å²) in [6.07, 6.45) is 56.2. The average Bonchev–Trinajstić information content (AvgIpc) is 3.24. The lowest BCUT2D eigenvalue weighted by atomic mass is 10.0. The van der Waals surface area contributed by atoms with Gasteiger partial charge in [-0.1, -0.05) is 238 Å². The highest BCUT2D eigenvalue weighted by Crippen LogP contribution is 2.16. The summed E-state index contributed by atoms with van der Waals surface area (Å²) in [6, 6.07) is -0.547. The monoisotopic (exact) mass is 834 g/mol. The number of hydrogen-bond donors (Lipinski definition) is 3. The molecule has 59 heavy (non-hydrogen) atoms. The minimum atomic E-state index is -0.669. The minimum absolute atomic E-state index is 0.00103. The number of rotatable bonds is 49. The molecule has 0 aliphatic carbocycles. The van der Waals surface area contributed by atoms with Crippen molar-refractivity contribution in [2.75, 3.05) is 13.2 Å². The number of hydrogen-bond acceptors (Lipinski definition) is 5. The van der Waals surface area contributed by atoms with Crippen LogP contribution in [0.1, 0.15) is 290 Å². The standard InChI is InChI=1S/C53H103NO5/c1-3-5-7-9-11-13-15-16-20-24-27-31-35-39-43-47-53(58)59-48-44-40-36-32-28-25-22-19-17-18-21-23-26-30-34-38-42-46-52(57)54-50(49-55)51(56)45-41-37-33-29-14-12-10-8-6-4-2/h17,19,50-51,55-56H,3-16,18,20-49H2,1-2H3,(H,54,57)/b19-17-. The van der Waals surface area contributed by atoms with E-state index in [1.165, 1.54) is 205 Å². The second-order valence-electron chi connectivity index (χ2n) is 18.2. The number of carbonyl (C=O) groups excluding carboxylic acids is 2. The van der Waals surface area contributed by atoms with Crippen molar-refractivity contribution in [2.24, 2.45) is 0 Å². The molecule has 0 rings (SSSR count). The first-order valence-electron chi connectivity index (χ1n) is 26.4. The molecule has 0 aliphatic heterocycles. The van der Waals surface area contributed by atoms with E-state index in [-0.39, 0.29) is 18.5 Å². The first-order valence-corrected chi connectivity index (χ1v) is 26.4. The predicted octanol–water partition coefficient (Wildman–Crippen LogP) is 15.7. The quantitative estimate of drug-likeness (QED) is 0.0322. The fraction of sp³-hybridized carbons (Fsp3) is 0.925. The molecule has 0 heterocycles. The number of aliphatic hydroxyl groups is 2. The van der Waals surface area contributed by atoms with Gasteiger partial charge in [0.05, 0.1) is 25.4 Å². The Labute approximate surface area is 368 Å². The lowest BCUT2D eigenvalue weighted by Crippen LogP contribution is -2.45. The van der Waals surface area contributed by atoms with Crippen LogP contribution in [0.15, 0.2) is 12.2 Å². The van der Waals surface area contributed by atoms with Crippen molar-refractivity contribution in [2.45, 2.75) is 302 Å². The first kappa shape index (κ1) is 57.6. The van der Waals surface area contributed by atoms with Crippen molar-refractivity contribution >= 4 is 11.9 Å². The number of carbonyl (C=O) groups is 2. The maximum atomic E-state index is 12.4. The summed E-state index contributed by atoms with van der Waals surface area (Å²) in [5.74, 6) is -0.0471.